The van der Waals surface area contributed by atoms with Crippen molar-refractivity contribution < 1.29 is 39.3 Å². The van der Waals surface area contributed by atoms with Crippen molar-refractivity contribution in [2.45, 2.75) is 43.8 Å². The van der Waals surface area contributed by atoms with Crippen molar-refractivity contribution in [3.63, 3.8) is 0 Å². The number of hydrogen-bond acceptors (Lipinski definition) is 14. The second kappa shape index (κ2) is 13.6. The standard InChI is InChI=1S/C24H30N8O9/c25-24-31-19-18(21(37)32-24)28-13(10-27-19)9-26-12-3-1-11(2-4-12)20(36)30-15(23(40)41)5-7-16(33)29-14(22(38)39)6-8-17(34)35/h1-4,13-15,26,28H,5-10H2,(H,29,33)(H,30,36)(H,34,35)(H,38,39)(H,40,41)(H4,25,27,31,32,37)/p-3/t13-,14-,15-/m0/s1. The molecule has 0 saturated heterocycles. The van der Waals surface area contributed by atoms with Crippen LogP contribution in [0.2, 0.25) is 0 Å². The van der Waals surface area contributed by atoms with Crippen LogP contribution in [0.5, 0.6) is 0 Å². The van der Waals surface area contributed by atoms with E-state index in [1.54, 1.807) is 12.1 Å². The molecule has 220 valence electrons. The third kappa shape index (κ3) is 8.84. The van der Waals surface area contributed by atoms with Gasteiger partial charge in [-0.2, -0.15) is 4.98 Å². The predicted octanol–water partition coefficient (Wildman–Crippen LogP) is -4.94. The molecule has 41 heavy (non-hydrogen) atoms. The number of aromatic amines is 1. The number of nitrogens with zero attached hydrogens (tertiary/aromatic N) is 1. The molecule has 0 saturated carbocycles. The van der Waals surface area contributed by atoms with Crippen molar-refractivity contribution >= 4 is 52.9 Å². The Morgan fingerprint density at radius 3 is 2.24 bits per heavy atom. The summed E-state index contributed by atoms with van der Waals surface area (Å²) in [6.45, 7) is 0.843. The van der Waals surface area contributed by atoms with Crippen LogP contribution in [0.3, 0.4) is 0 Å². The van der Waals surface area contributed by atoms with Gasteiger partial charge >= 0.3 is 0 Å². The molecular formula is C24H27N8O9-3. The average molecular weight is 572 g/mol. The van der Waals surface area contributed by atoms with E-state index >= 15 is 0 Å². The highest BCUT2D eigenvalue weighted by molar-refractivity contribution is 5.96. The Morgan fingerprint density at radius 2 is 1.61 bits per heavy atom. The molecule has 2 heterocycles. The molecule has 1 aromatic carbocycles. The number of hydrogen-bond donors (Lipinski definition) is 7. The van der Waals surface area contributed by atoms with E-state index < -0.39 is 73.0 Å². The van der Waals surface area contributed by atoms with Crippen molar-refractivity contribution in [1.29, 1.82) is 0 Å². The lowest BCUT2D eigenvalue weighted by Gasteiger charge is -2.27. The summed E-state index contributed by atoms with van der Waals surface area (Å²) in [6, 6.07) is 2.69. The molecule has 0 unspecified atom stereocenters. The molecule has 0 radical (unpaired) electrons. The number of carbonyl (C=O) groups is 5. The van der Waals surface area contributed by atoms with Crippen LogP contribution >= 0.6 is 0 Å². The minimum absolute atomic E-state index is 0.00470. The van der Waals surface area contributed by atoms with E-state index in [4.69, 9.17) is 5.73 Å². The van der Waals surface area contributed by atoms with E-state index in [2.05, 4.69) is 31.2 Å². The SMILES string of the molecule is Nc1nc2c(c(=O)[nH]1)N[C@@H](CNc1ccc(C(=O)N[C@@H](CCC(=O)N[C@@H](CCC(=O)[O-])C(=O)[O-])C(=O)[O-])cc1)CN2. The lowest BCUT2D eigenvalue weighted by Crippen LogP contribution is -2.50. The second-order valence-corrected chi connectivity index (χ2v) is 9.09. The molecule has 17 heteroatoms. The Labute approximate surface area is 231 Å². The van der Waals surface area contributed by atoms with Crippen molar-refractivity contribution in [2.24, 2.45) is 0 Å². The number of benzene rings is 1. The van der Waals surface area contributed by atoms with E-state index in [-0.39, 0.29) is 23.2 Å². The Kier molecular flexibility index (Phi) is 10.0. The molecular weight excluding hydrogens is 544 g/mol. The number of carboxylic acid groups (broad SMARTS) is 3. The summed E-state index contributed by atoms with van der Waals surface area (Å²) < 4.78 is 0. The van der Waals surface area contributed by atoms with Gasteiger partial charge in [-0.15, -0.1) is 0 Å². The fourth-order valence-corrected chi connectivity index (χ4v) is 3.87. The summed E-state index contributed by atoms with van der Waals surface area (Å²) in [7, 11) is 0. The highest BCUT2D eigenvalue weighted by Gasteiger charge is 2.22. The number of nitrogens with two attached hydrogens (primary N) is 1. The smallest absolute Gasteiger partial charge is 0.277 e. The van der Waals surface area contributed by atoms with Gasteiger partial charge in [-0.1, -0.05) is 0 Å². The maximum Gasteiger partial charge on any atom is 0.277 e. The number of H-pyrrole nitrogens is 1. The lowest BCUT2D eigenvalue weighted by atomic mass is 10.1. The zero-order valence-corrected chi connectivity index (χ0v) is 21.5. The first-order chi connectivity index (χ1) is 19.4. The molecule has 3 atom stereocenters. The van der Waals surface area contributed by atoms with E-state index in [1.165, 1.54) is 12.1 Å². The third-order valence-corrected chi connectivity index (χ3v) is 6.01. The van der Waals surface area contributed by atoms with E-state index in [0.29, 0.717) is 24.6 Å². The molecule has 17 nitrogen and oxygen atoms in total. The van der Waals surface area contributed by atoms with E-state index in [1.807, 2.05) is 5.32 Å². The first kappa shape index (κ1) is 30.2. The molecule has 0 spiro atoms. The van der Waals surface area contributed by atoms with E-state index in [0.717, 1.165) is 0 Å². The van der Waals surface area contributed by atoms with Gasteiger partial charge in [-0.25, -0.2) is 0 Å². The number of aliphatic carboxylic acids is 3. The van der Waals surface area contributed by atoms with Gasteiger partial charge in [0.05, 0.1) is 30.1 Å². The normalized spacial score (nSPS) is 15.2. The summed E-state index contributed by atoms with van der Waals surface area (Å²) in [5.74, 6) is -6.18. The van der Waals surface area contributed by atoms with Gasteiger partial charge in [0.2, 0.25) is 11.9 Å². The predicted molar refractivity (Wildman–Crippen MR) is 137 cm³/mol. The quantitative estimate of drug-likeness (QED) is 0.112. The Balaban J connectivity index is 1.49. The van der Waals surface area contributed by atoms with Crippen LogP contribution in [0, 0.1) is 0 Å². The van der Waals surface area contributed by atoms with Gasteiger partial charge < -0.3 is 62.0 Å². The van der Waals surface area contributed by atoms with Gasteiger partial charge in [-0.3, -0.25) is 19.4 Å². The van der Waals surface area contributed by atoms with Crippen LogP contribution < -0.4 is 53.2 Å². The van der Waals surface area contributed by atoms with Crippen molar-refractivity contribution in [1.82, 2.24) is 20.6 Å². The summed E-state index contributed by atoms with van der Waals surface area (Å²) >= 11 is 0. The largest absolute Gasteiger partial charge is 0.550 e. The van der Waals surface area contributed by atoms with Crippen molar-refractivity contribution in [3.05, 3.63) is 40.2 Å². The Morgan fingerprint density at radius 1 is 0.976 bits per heavy atom. The van der Waals surface area contributed by atoms with Gasteiger partial charge in [0, 0.05) is 36.7 Å². The lowest BCUT2D eigenvalue weighted by molar-refractivity contribution is -0.311. The number of anilines is 4. The average Bonchev–Trinajstić information content (AvgIpc) is 2.91. The van der Waals surface area contributed by atoms with Crippen LogP contribution in [0.4, 0.5) is 23.1 Å². The molecule has 0 aliphatic carbocycles. The van der Waals surface area contributed by atoms with E-state index in [9.17, 15) is 44.1 Å². The monoisotopic (exact) mass is 571 g/mol. The van der Waals surface area contributed by atoms with Crippen LogP contribution in [0.15, 0.2) is 29.1 Å². The van der Waals surface area contributed by atoms with Crippen LogP contribution in [0.1, 0.15) is 36.0 Å². The highest BCUT2D eigenvalue weighted by Crippen LogP contribution is 2.20. The summed E-state index contributed by atoms with van der Waals surface area (Å²) in [6.07, 6.45) is -2.03. The molecule has 0 fully saturated rings. The number of aromatic nitrogens is 2. The molecule has 2 aromatic rings. The minimum atomic E-state index is -1.71. The van der Waals surface area contributed by atoms with Crippen LogP contribution in [-0.2, 0) is 19.2 Å². The minimum Gasteiger partial charge on any atom is -0.550 e. The molecule has 2 amide bonds. The van der Waals surface area contributed by atoms with Gasteiger partial charge in [0.15, 0.2) is 5.82 Å². The highest BCUT2D eigenvalue weighted by atomic mass is 16.4. The van der Waals surface area contributed by atoms with Gasteiger partial charge in [-0.05, 0) is 43.5 Å². The second-order valence-electron chi connectivity index (χ2n) is 9.09. The van der Waals surface area contributed by atoms with Crippen LogP contribution in [-0.4, -0.2) is 70.9 Å². The molecule has 1 aliphatic rings. The maximum absolute atomic E-state index is 12.6. The number of carbonyl (C=O) groups excluding carboxylic acids is 5. The number of rotatable bonds is 14. The molecule has 0 bridgehead atoms. The third-order valence-electron chi connectivity index (χ3n) is 6.01. The number of nitrogen functional groups attached to an aromatic ring is 1. The molecule has 3 rings (SSSR count). The van der Waals surface area contributed by atoms with Crippen LogP contribution in [0.25, 0.3) is 0 Å². The number of fused-ring (bicyclic) bond motifs is 1. The fraction of sp³-hybridized carbons (Fsp3) is 0.375. The fourth-order valence-electron chi connectivity index (χ4n) is 3.87. The topological polar surface area (TPSA) is 286 Å². The summed E-state index contributed by atoms with van der Waals surface area (Å²) in [4.78, 5) is 76.2. The van der Waals surface area contributed by atoms with Crippen molar-refractivity contribution in [2.75, 3.05) is 34.8 Å². The first-order valence-electron chi connectivity index (χ1n) is 12.4. The first-order valence-corrected chi connectivity index (χ1v) is 12.4. The zero-order valence-electron chi connectivity index (χ0n) is 21.5. The summed E-state index contributed by atoms with van der Waals surface area (Å²) in [5.41, 5.74) is 6.14. The zero-order chi connectivity index (χ0) is 30.1. The molecule has 1 aliphatic heterocycles. The number of amides is 2. The molecule has 8 N–H and O–H groups in total. The number of nitrogens with one attached hydrogen (secondary N) is 6. The summed E-state index contributed by atoms with van der Waals surface area (Å²) in [5, 5.41) is 46.6. The van der Waals surface area contributed by atoms with Crippen molar-refractivity contribution in [3.8, 4) is 0 Å². The van der Waals surface area contributed by atoms with Gasteiger partial charge in [0.25, 0.3) is 11.5 Å². The Hall–Kier alpha value is -5.35. The Bertz CT molecular complexity index is 1360. The number of carboxylic acids is 3. The van der Waals surface area contributed by atoms with Gasteiger partial charge in [0.1, 0.15) is 5.69 Å². The molecule has 1 aromatic heterocycles. The maximum atomic E-state index is 12.6.